The first-order valence-electron chi connectivity index (χ1n) is 7.20. The standard InChI is InChI=1S/C15H16F2N2O3/c16-10-4-3-9(7-11(10)17)12(20)8-19-13(21)15(18-14(19)22)5-1-2-6-15/h3-4,7,12,20H,1-2,5-6,8H2,(H,18,22). The smallest absolute Gasteiger partial charge is 0.325 e. The number of nitrogens with zero attached hydrogens (tertiary/aromatic N) is 1. The molecule has 1 saturated heterocycles. The first-order chi connectivity index (χ1) is 10.4. The number of carbonyl (C=O) groups is 2. The fourth-order valence-corrected chi connectivity index (χ4v) is 3.16. The molecule has 1 aliphatic carbocycles. The molecule has 1 spiro atoms. The summed E-state index contributed by atoms with van der Waals surface area (Å²) in [4.78, 5) is 25.4. The van der Waals surface area contributed by atoms with Crippen molar-refractivity contribution in [3.8, 4) is 0 Å². The number of urea groups is 1. The number of hydrogen-bond acceptors (Lipinski definition) is 3. The van der Waals surface area contributed by atoms with E-state index in [-0.39, 0.29) is 18.0 Å². The van der Waals surface area contributed by atoms with E-state index in [0.29, 0.717) is 12.8 Å². The number of β-amino-alcohol motifs (C(OH)–C–C–N with tert-alkyl or cyclic N) is 1. The van der Waals surface area contributed by atoms with Gasteiger partial charge in [0.2, 0.25) is 0 Å². The van der Waals surface area contributed by atoms with Gasteiger partial charge in [-0.2, -0.15) is 0 Å². The number of halogens is 2. The van der Waals surface area contributed by atoms with Crippen molar-refractivity contribution in [1.29, 1.82) is 0 Å². The summed E-state index contributed by atoms with van der Waals surface area (Å²) in [6.45, 7) is -0.280. The highest BCUT2D eigenvalue weighted by Crippen LogP contribution is 2.35. The van der Waals surface area contributed by atoms with Crippen LogP contribution in [0.4, 0.5) is 13.6 Å². The van der Waals surface area contributed by atoms with Crippen molar-refractivity contribution in [1.82, 2.24) is 10.2 Å². The maximum atomic E-state index is 13.2. The summed E-state index contributed by atoms with van der Waals surface area (Å²) < 4.78 is 26.1. The second-order valence-corrected chi connectivity index (χ2v) is 5.82. The molecule has 0 bridgehead atoms. The molecule has 2 aliphatic rings. The third kappa shape index (κ3) is 2.35. The quantitative estimate of drug-likeness (QED) is 0.837. The first kappa shape index (κ1) is 14.9. The molecule has 1 atom stereocenters. The second kappa shape index (κ2) is 5.31. The molecule has 22 heavy (non-hydrogen) atoms. The van der Waals surface area contributed by atoms with E-state index >= 15 is 0 Å². The number of carbonyl (C=O) groups excluding carboxylic acids is 2. The van der Waals surface area contributed by atoms with Gasteiger partial charge in [0.1, 0.15) is 5.54 Å². The molecule has 1 saturated carbocycles. The van der Waals surface area contributed by atoms with Crippen molar-refractivity contribution in [2.75, 3.05) is 6.54 Å². The van der Waals surface area contributed by atoms with Crippen LogP contribution in [0.1, 0.15) is 37.4 Å². The van der Waals surface area contributed by atoms with E-state index in [4.69, 9.17) is 0 Å². The van der Waals surface area contributed by atoms with Gasteiger partial charge in [0.15, 0.2) is 11.6 Å². The van der Waals surface area contributed by atoms with Gasteiger partial charge in [-0.1, -0.05) is 18.9 Å². The topological polar surface area (TPSA) is 69.6 Å². The van der Waals surface area contributed by atoms with Crippen LogP contribution in [0.15, 0.2) is 18.2 Å². The summed E-state index contributed by atoms with van der Waals surface area (Å²) in [6.07, 6.45) is 1.66. The van der Waals surface area contributed by atoms with Gasteiger partial charge in [0.25, 0.3) is 5.91 Å². The van der Waals surface area contributed by atoms with Crippen molar-refractivity contribution in [2.24, 2.45) is 0 Å². The largest absolute Gasteiger partial charge is 0.387 e. The summed E-state index contributed by atoms with van der Waals surface area (Å²) in [5, 5.41) is 12.8. The van der Waals surface area contributed by atoms with Crippen molar-refractivity contribution in [3.63, 3.8) is 0 Å². The van der Waals surface area contributed by atoms with Crippen LogP contribution >= 0.6 is 0 Å². The zero-order valence-corrected chi connectivity index (χ0v) is 11.8. The number of nitrogens with one attached hydrogen (secondary N) is 1. The maximum absolute atomic E-state index is 13.2. The normalized spacial score (nSPS) is 21.5. The highest BCUT2D eigenvalue weighted by molar-refractivity contribution is 6.07. The SMILES string of the molecule is O=C1NC2(CCCC2)C(=O)N1CC(O)c1ccc(F)c(F)c1. The van der Waals surface area contributed by atoms with E-state index in [1.807, 2.05) is 0 Å². The molecule has 2 fully saturated rings. The van der Waals surface area contributed by atoms with Crippen LogP contribution in [-0.4, -0.2) is 34.0 Å². The van der Waals surface area contributed by atoms with Crippen LogP contribution in [0.25, 0.3) is 0 Å². The van der Waals surface area contributed by atoms with E-state index in [0.717, 1.165) is 29.9 Å². The molecule has 1 heterocycles. The summed E-state index contributed by atoms with van der Waals surface area (Å²) in [5.74, 6) is -2.45. The number of aliphatic hydroxyl groups excluding tert-OH is 1. The lowest BCUT2D eigenvalue weighted by molar-refractivity contribution is -0.132. The number of benzene rings is 1. The van der Waals surface area contributed by atoms with Crippen LogP contribution < -0.4 is 5.32 Å². The number of rotatable bonds is 3. The Morgan fingerprint density at radius 3 is 2.55 bits per heavy atom. The molecule has 3 amide bonds. The van der Waals surface area contributed by atoms with Crippen LogP contribution in [0.5, 0.6) is 0 Å². The third-order valence-corrected chi connectivity index (χ3v) is 4.39. The van der Waals surface area contributed by atoms with Gasteiger partial charge in [-0.15, -0.1) is 0 Å². The van der Waals surface area contributed by atoms with E-state index in [9.17, 15) is 23.5 Å². The Labute approximate surface area is 125 Å². The highest BCUT2D eigenvalue weighted by atomic mass is 19.2. The number of amides is 3. The molecule has 0 aromatic heterocycles. The molecular weight excluding hydrogens is 294 g/mol. The zero-order chi connectivity index (χ0) is 15.9. The van der Waals surface area contributed by atoms with Gasteiger partial charge in [0.05, 0.1) is 12.6 Å². The highest BCUT2D eigenvalue weighted by Gasteiger charge is 2.52. The lowest BCUT2D eigenvalue weighted by Crippen LogP contribution is -2.44. The van der Waals surface area contributed by atoms with E-state index in [1.165, 1.54) is 6.07 Å². The molecule has 118 valence electrons. The second-order valence-electron chi connectivity index (χ2n) is 5.82. The maximum Gasteiger partial charge on any atom is 0.325 e. The lowest BCUT2D eigenvalue weighted by atomic mass is 9.98. The predicted octanol–water partition coefficient (Wildman–Crippen LogP) is 1.86. The molecule has 1 aromatic carbocycles. The average Bonchev–Trinajstić information content (AvgIpc) is 3.03. The number of hydrogen-bond donors (Lipinski definition) is 2. The Balaban J connectivity index is 1.76. The minimum absolute atomic E-state index is 0.117. The molecule has 0 radical (unpaired) electrons. The van der Waals surface area contributed by atoms with E-state index in [1.54, 1.807) is 0 Å². The van der Waals surface area contributed by atoms with Gasteiger partial charge in [-0.25, -0.2) is 13.6 Å². The molecule has 2 N–H and O–H groups in total. The number of aliphatic hydroxyl groups is 1. The molecule has 1 unspecified atom stereocenters. The van der Waals surface area contributed by atoms with Crippen LogP contribution in [0, 0.1) is 11.6 Å². The van der Waals surface area contributed by atoms with E-state index in [2.05, 4.69) is 5.32 Å². The Kier molecular flexibility index (Phi) is 3.60. The molecule has 3 rings (SSSR count). The van der Waals surface area contributed by atoms with Gasteiger partial charge in [0, 0.05) is 0 Å². The van der Waals surface area contributed by atoms with Gasteiger partial charge in [-0.05, 0) is 30.5 Å². The summed E-state index contributed by atoms with van der Waals surface area (Å²) in [5.41, 5.74) is -0.725. The lowest BCUT2D eigenvalue weighted by Gasteiger charge is -2.21. The Hall–Kier alpha value is -2.02. The number of imide groups is 1. The third-order valence-electron chi connectivity index (χ3n) is 4.39. The predicted molar refractivity (Wildman–Crippen MR) is 72.8 cm³/mol. The molecule has 7 heteroatoms. The van der Waals surface area contributed by atoms with Crippen LogP contribution in [0.2, 0.25) is 0 Å². The van der Waals surface area contributed by atoms with Gasteiger partial charge < -0.3 is 10.4 Å². The van der Waals surface area contributed by atoms with Crippen LogP contribution in [-0.2, 0) is 4.79 Å². The Morgan fingerprint density at radius 2 is 1.91 bits per heavy atom. The van der Waals surface area contributed by atoms with Crippen molar-refractivity contribution < 1.29 is 23.5 Å². The van der Waals surface area contributed by atoms with Gasteiger partial charge >= 0.3 is 6.03 Å². The Bertz CT molecular complexity index is 629. The first-order valence-corrected chi connectivity index (χ1v) is 7.20. The minimum atomic E-state index is -1.26. The molecule has 1 aliphatic heterocycles. The zero-order valence-electron chi connectivity index (χ0n) is 11.8. The van der Waals surface area contributed by atoms with Crippen LogP contribution in [0.3, 0.4) is 0 Å². The molecular formula is C15H16F2N2O3. The van der Waals surface area contributed by atoms with Crippen molar-refractivity contribution >= 4 is 11.9 Å². The minimum Gasteiger partial charge on any atom is -0.387 e. The van der Waals surface area contributed by atoms with Crippen molar-refractivity contribution in [3.05, 3.63) is 35.4 Å². The average molecular weight is 310 g/mol. The summed E-state index contributed by atoms with van der Waals surface area (Å²) in [6, 6.07) is 2.45. The fraction of sp³-hybridized carbons (Fsp3) is 0.467. The molecule has 5 nitrogen and oxygen atoms in total. The molecule has 1 aromatic rings. The van der Waals surface area contributed by atoms with E-state index < -0.39 is 29.3 Å². The summed E-state index contributed by atoms with van der Waals surface area (Å²) in [7, 11) is 0. The monoisotopic (exact) mass is 310 g/mol. The Morgan fingerprint density at radius 1 is 1.23 bits per heavy atom. The summed E-state index contributed by atoms with van der Waals surface area (Å²) >= 11 is 0. The van der Waals surface area contributed by atoms with Crippen molar-refractivity contribution in [2.45, 2.75) is 37.3 Å². The van der Waals surface area contributed by atoms with Gasteiger partial charge in [-0.3, -0.25) is 9.69 Å². The fourth-order valence-electron chi connectivity index (χ4n) is 3.16.